The molecule has 1 rings (SSSR count). The zero-order chi connectivity index (χ0) is 5.98. The first-order valence-electron chi connectivity index (χ1n) is 2.26. The summed E-state index contributed by atoms with van der Waals surface area (Å²) in [6.45, 7) is 1.56. The van der Waals surface area contributed by atoms with E-state index in [0.29, 0.717) is 0 Å². The lowest BCUT2D eigenvalue weighted by molar-refractivity contribution is 0.102. The van der Waals surface area contributed by atoms with Gasteiger partial charge in [0.1, 0.15) is 0 Å². The van der Waals surface area contributed by atoms with E-state index in [-0.39, 0.29) is 5.78 Å². The lowest BCUT2D eigenvalue weighted by Gasteiger charge is -1.79. The molecule has 0 amide bonds. The lowest BCUT2D eigenvalue weighted by Crippen LogP contribution is -1.83. The van der Waals surface area contributed by atoms with Gasteiger partial charge in [0, 0.05) is 0 Å². The molecule has 0 atom stereocenters. The van der Waals surface area contributed by atoms with Crippen molar-refractivity contribution in [1.82, 2.24) is 0 Å². The van der Waals surface area contributed by atoms with Gasteiger partial charge in [-0.2, -0.15) is 0 Å². The predicted molar refractivity (Wildman–Crippen MR) is 33.2 cm³/mol. The minimum absolute atomic E-state index is 0.122. The molecule has 41 valence electrons. The summed E-state index contributed by atoms with van der Waals surface area (Å²) in [5.74, 6) is 0.122. The van der Waals surface area contributed by atoms with Gasteiger partial charge < -0.3 is 0 Å². The topological polar surface area (TPSA) is 17.1 Å². The molecule has 2 heteroatoms. The Labute approximate surface area is 52.0 Å². The summed E-state index contributed by atoms with van der Waals surface area (Å²) in [6.07, 6.45) is 0. The minimum atomic E-state index is 0.122. The second-order valence-electron chi connectivity index (χ2n) is 1.47. The molecule has 0 fully saturated rings. The van der Waals surface area contributed by atoms with Gasteiger partial charge in [-0.25, -0.2) is 0 Å². The van der Waals surface area contributed by atoms with Crippen LogP contribution in [0.15, 0.2) is 11.4 Å². The Morgan fingerprint density at radius 3 is 2.88 bits per heavy atom. The third-order valence-corrected chi connectivity index (χ3v) is 1.73. The first-order valence-corrected chi connectivity index (χ1v) is 3.14. The fourth-order valence-electron chi connectivity index (χ4n) is 0.426. The van der Waals surface area contributed by atoms with Crippen molar-refractivity contribution in [3.05, 3.63) is 22.4 Å². The van der Waals surface area contributed by atoms with E-state index in [1.165, 1.54) is 11.3 Å². The summed E-state index contributed by atoms with van der Waals surface area (Å²) in [6, 6.07) is 4.51. The number of rotatable bonds is 1. The Morgan fingerprint density at radius 1 is 1.88 bits per heavy atom. The van der Waals surface area contributed by atoms with Gasteiger partial charge >= 0.3 is 0 Å². The van der Waals surface area contributed by atoms with Crippen LogP contribution in [0.1, 0.15) is 16.6 Å². The standard InChI is InChI=1S/C6H5OS/c1-5(7)6-3-2-4-8-6/h3-4H,1H3. The Morgan fingerprint density at radius 2 is 2.62 bits per heavy atom. The maximum atomic E-state index is 10.5. The highest BCUT2D eigenvalue weighted by Crippen LogP contribution is 2.07. The van der Waals surface area contributed by atoms with E-state index in [1.54, 1.807) is 18.4 Å². The monoisotopic (exact) mass is 125 g/mol. The van der Waals surface area contributed by atoms with Crippen LogP contribution >= 0.6 is 11.3 Å². The van der Waals surface area contributed by atoms with Gasteiger partial charge in [-0.1, -0.05) is 0 Å². The van der Waals surface area contributed by atoms with E-state index in [4.69, 9.17) is 0 Å². The van der Waals surface area contributed by atoms with Crippen molar-refractivity contribution in [2.45, 2.75) is 6.92 Å². The van der Waals surface area contributed by atoms with E-state index < -0.39 is 0 Å². The van der Waals surface area contributed by atoms with Crippen LogP contribution in [0.25, 0.3) is 0 Å². The molecule has 0 aliphatic rings. The van der Waals surface area contributed by atoms with Gasteiger partial charge in [-0.05, 0) is 24.4 Å². The number of carbonyl (C=O) groups excluding carboxylic acids is 1. The van der Waals surface area contributed by atoms with Gasteiger partial charge in [0.25, 0.3) is 0 Å². The predicted octanol–water partition coefficient (Wildman–Crippen LogP) is 1.75. The van der Waals surface area contributed by atoms with Gasteiger partial charge in [-0.3, -0.25) is 4.79 Å². The van der Waals surface area contributed by atoms with Gasteiger partial charge in [-0.15, -0.1) is 11.3 Å². The van der Waals surface area contributed by atoms with E-state index in [1.807, 2.05) is 0 Å². The largest absolute Gasteiger partial charge is 0.294 e. The number of Topliss-reactive ketones (excluding diaryl/α,β-unsaturated/α-hetero) is 1. The highest BCUT2D eigenvalue weighted by Gasteiger charge is 1.95. The molecular formula is C6H5OS. The Hall–Kier alpha value is -0.630. The van der Waals surface area contributed by atoms with Gasteiger partial charge in [0.15, 0.2) is 5.78 Å². The Bertz CT molecular complexity index is 176. The summed E-state index contributed by atoms with van der Waals surface area (Å²) in [5.41, 5.74) is 0. The van der Waals surface area contributed by atoms with Gasteiger partial charge in [0.05, 0.1) is 4.88 Å². The van der Waals surface area contributed by atoms with Crippen molar-refractivity contribution in [3.63, 3.8) is 0 Å². The number of ketones is 1. The second-order valence-corrected chi connectivity index (χ2v) is 2.38. The maximum Gasteiger partial charge on any atom is 0.169 e. The van der Waals surface area contributed by atoms with Crippen LogP contribution in [0.4, 0.5) is 0 Å². The van der Waals surface area contributed by atoms with Crippen molar-refractivity contribution in [2.75, 3.05) is 0 Å². The molecule has 0 aliphatic carbocycles. The van der Waals surface area contributed by atoms with Crippen molar-refractivity contribution < 1.29 is 4.79 Å². The average molecular weight is 125 g/mol. The van der Waals surface area contributed by atoms with E-state index in [9.17, 15) is 4.79 Å². The van der Waals surface area contributed by atoms with Crippen molar-refractivity contribution in [1.29, 1.82) is 0 Å². The first kappa shape index (κ1) is 5.51. The molecule has 0 saturated heterocycles. The zero-order valence-corrected chi connectivity index (χ0v) is 5.29. The smallest absolute Gasteiger partial charge is 0.169 e. The fraction of sp³-hybridized carbons (Fsp3) is 0.167. The summed E-state index contributed by atoms with van der Waals surface area (Å²) in [5, 5.41) is 1.77. The minimum Gasteiger partial charge on any atom is -0.294 e. The summed E-state index contributed by atoms with van der Waals surface area (Å²) in [7, 11) is 0. The molecule has 1 nitrogen and oxygen atoms in total. The average Bonchev–Trinajstić information content (AvgIpc) is 2.12. The van der Waals surface area contributed by atoms with Crippen LogP contribution in [-0.2, 0) is 0 Å². The fourth-order valence-corrected chi connectivity index (χ4v) is 0.991. The van der Waals surface area contributed by atoms with Crippen molar-refractivity contribution >= 4 is 17.1 Å². The third-order valence-electron chi connectivity index (χ3n) is 0.815. The highest BCUT2D eigenvalue weighted by molar-refractivity contribution is 7.12. The zero-order valence-electron chi connectivity index (χ0n) is 4.47. The Kier molecular flexibility index (Phi) is 1.44. The molecule has 1 aromatic rings. The molecule has 0 aliphatic heterocycles. The van der Waals surface area contributed by atoms with E-state index in [0.717, 1.165) is 4.88 Å². The molecule has 8 heavy (non-hydrogen) atoms. The maximum absolute atomic E-state index is 10.5. The number of thiophene rings is 1. The second kappa shape index (κ2) is 2.09. The SMILES string of the molecule is CC(=O)c1c[c]cs1. The molecule has 0 unspecified atom stereocenters. The number of carbonyl (C=O) groups is 1. The summed E-state index contributed by atoms with van der Waals surface area (Å²) < 4.78 is 0. The molecule has 0 aromatic carbocycles. The van der Waals surface area contributed by atoms with Crippen LogP contribution in [-0.4, -0.2) is 5.78 Å². The van der Waals surface area contributed by atoms with Crippen LogP contribution in [0.2, 0.25) is 0 Å². The molecular weight excluding hydrogens is 120 g/mol. The van der Waals surface area contributed by atoms with Crippen molar-refractivity contribution in [2.24, 2.45) is 0 Å². The Balaban J connectivity index is 2.93. The number of hydrogen-bond donors (Lipinski definition) is 0. The van der Waals surface area contributed by atoms with Crippen LogP contribution < -0.4 is 0 Å². The quantitative estimate of drug-likeness (QED) is 0.522. The molecule has 0 spiro atoms. The molecule has 0 saturated carbocycles. The highest BCUT2D eigenvalue weighted by atomic mass is 32.1. The molecule has 1 radical (unpaired) electrons. The van der Waals surface area contributed by atoms with E-state index >= 15 is 0 Å². The summed E-state index contributed by atoms with van der Waals surface area (Å²) in [4.78, 5) is 11.3. The van der Waals surface area contributed by atoms with Crippen LogP contribution in [0.3, 0.4) is 0 Å². The molecule has 0 N–H and O–H groups in total. The van der Waals surface area contributed by atoms with Crippen LogP contribution in [0.5, 0.6) is 0 Å². The van der Waals surface area contributed by atoms with Crippen LogP contribution in [0, 0.1) is 6.07 Å². The normalized spacial score (nSPS) is 9.12. The van der Waals surface area contributed by atoms with E-state index in [2.05, 4.69) is 6.07 Å². The summed E-state index contributed by atoms with van der Waals surface area (Å²) >= 11 is 1.43. The van der Waals surface area contributed by atoms with Gasteiger partial charge in [0.2, 0.25) is 0 Å². The number of hydrogen-bond acceptors (Lipinski definition) is 2. The van der Waals surface area contributed by atoms with Crippen molar-refractivity contribution in [3.8, 4) is 0 Å². The first-order chi connectivity index (χ1) is 3.80. The molecule has 0 bridgehead atoms. The molecule has 1 aromatic heterocycles. The lowest BCUT2D eigenvalue weighted by atomic mass is 10.4. The third kappa shape index (κ3) is 0.954. The molecule has 1 heterocycles.